The van der Waals surface area contributed by atoms with Gasteiger partial charge >= 0.3 is 0 Å². The maximum atomic E-state index is 6.80. The molecule has 5 aromatic rings. The summed E-state index contributed by atoms with van der Waals surface area (Å²) in [7, 11) is 0.637. The number of nitrogens with zero attached hydrogens (tertiary/aromatic N) is 1. The van der Waals surface area contributed by atoms with E-state index in [2.05, 4.69) is 106 Å². The molecule has 0 fully saturated rings. The van der Waals surface area contributed by atoms with Crippen molar-refractivity contribution in [3.63, 3.8) is 0 Å². The van der Waals surface area contributed by atoms with Crippen molar-refractivity contribution >= 4 is 45.6 Å². The van der Waals surface area contributed by atoms with Crippen LogP contribution in [0, 0.1) is 13.8 Å². The highest BCUT2D eigenvalue weighted by molar-refractivity contribution is 6.90. The molecule has 0 atom stereocenters. The number of benzene rings is 4. The fourth-order valence-corrected chi connectivity index (χ4v) is 7.20. The van der Waals surface area contributed by atoms with Crippen molar-refractivity contribution in [2.45, 2.75) is 33.5 Å². The van der Waals surface area contributed by atoms with Crippen LogP contribution in [0.5, 0.6) is 11.5 Å². The summed E-state index contributed by atoms with van der Waals surface area (Å²) in [6.45, 7) is 11.7. The third kappa shape index (κ3) is 2.49. The summed E-state index contributed by atoms with van der Waals surface area (Å²) in [5.41, 5.74) is 4.97. The SMILES string of the molecule is Cc1c2c(c(C)c3ccccc13)-c1c3c(cc4c([Si](C)(C)C)cccc4c3cc[n+]1C)O2. The Kier molecular flexibility index (Phi) is 3.92. The number of aryl methyl sites for hydroxylation is 3. The number of hydrogen-bond donors (Lipinski definition) is 0. The summed E-state index contributed by atoms with van der Waals surface area (Å²) in [6.07, 6.45) is 2.21. The molecule has 0 aliphatic carbocycles. The fraction of sp³-hybridized carbons (Fsp3) is 0.207. The van der Waals surface area contributed by atoms with Crippen molar-refractivity contribution < 1.29 is 9.30 Å². The van der Waals surface area contributed by atoms with Crippen molar-refractivity contribution in [1.82, 2.24) is 0 Å². The zero-order valence-electron chi connectivity index (χ0n) is 19.6. The first-order valence-electron chi connectivity index (χ1n) is 11.4. The van der Waals surface area contributed by atoms with Crippen LogP contribution in [0.1, 0.15) is 11.1 Å². The van der Waals surface area contributed by atoms with E-state index < -0.39 is 8.07 Å². The second kappa shape index (κ2) is 6.43. The van der Waals surface area contributed by atoms with Crippen molar-refractivity contribution in [2.75, 3.05) is 0 Å². The number of aromatic nitrogens is 1. The first-order valence-corrected chi connectivity index (χ1v) is 14.9. The zero-order chi connectivity index (χ0) is 22.4. The topological polar surface area (TPSA) is 13.1 Å². The molecule has 0 unspecified atom stereocenters. The van der Waals surface area contributed by atoms with Gasteiger partial charge < -0.3 is 4.74 Å². The lowest BCUT2D eigenvalue weighted by atomic mass is 9.88. The van der Waals surface area contributed by atoms with Crippen LogP contribution in [-0.4, -0.2) is 8.07 Å². The predicted octanol–water partition coefficient (Wildman–Crippen LogP) is 6.91. The highest BCUT2D eigenvalue weighted by Crippen LogP contribution is 2.51. The summed E-state index contributed by atoms with van der Waals surface area (Å²) in [4.78, 5) is 0. The molecule has 3 heteroatoms. The molecular weight excluding hydrogens is 406 g/mol. The van der Waals surface area contributed by atoms with Gasteiger partial charge in [-0.1, -0.05) is 67.3 Å². The molecule has 0 amide bonds. The van der Waals surface area contributed by atoms with Gasteiger partial charge in [-0.05, 0) is 47.0 Å². The number of fused-ring (bicyclic) bond motifs is 5. The normalized spacial score (nSPS) is 12.9. The monoisotopic (exact) mass is 434 g/mol. The van der Waals surface area contributed by atoms with Crippen LogP contribution in [-0.2, 0) is 7.05 Å². The van der Waals surface area contributed by atoms with Crippen LogP contribution in [0.4, 0.5) is 0 Å². The van der Waals surface area contributed by atoms with E-state index in [9.17, 15) is 0 Å². The molecule has 1 aliphatic heterocycles. The molecule has 2 nitrogen and oxygen atoms in total. The van der Waals surface area contributed by atoms with Crippen molar-refractivity contribution in [3.8, 4) is 22.8 Å². The number of pyridine rings is 1. The van der Waals surface area contributed by atoms with Gasteiger partial charge in [-0.3, -0.25) is 0 Å². The summed E-state index contributed by atoms with van der Waals surface area (Å²) in [6, 6.07) is 20.1. The minimum Gasteiger partial charge on any atom is -0.455 e. The standard InChI is InChI=1S/C29H28NOSi/c1-17-19-10-7-8-11-20(19)18(2)29-26(17)28-27-22(14-15-30(28)3)21-12-9-13-25(32(4,5)6)23(21)16-24(27)31-29/h7-16H,1-6H3/q+1. The molecule has 1 aromatic heterocycles. The van der Waals surface area contributed by atoms with E-state index in [1.54, 1.807) is 0 Å². The van der Waals surface area contributed by atoms with Crippen LogP contribution >= 0.6 is 0 Å². The van der Waals surface area contributed by atoms with E-state index in [1.165, 1.54) is 59.9 Å². The maximum Gasteiger partial charge on any atom is 0.228 e. The molecule has 6 rings (SSSR count). The Morgan fingerprint density at radius 3 is 2.16 bits per heavy atom. The van der Waals surface area contributed by atoms with Gasteiger partial charge in [-0.25, -0.2) is 4.57 Å². The minimum atomic E-state index is -1.52. The molecule has 0 N–H and O–H groups in total. The number of hydrogen-bond acceptors (Lipinski definition) is 1. The molecule has 32 heavy (non-hydrogen) atoms. The van der Waals surface area contributed by atoms with Gasteiger partial charge in [0, 0.05) is 17.0 Å². The van der Waals surface area contributed by atoms with E-state index in [-0.39, 0.29) is 0 Å². The van der Waals surface area contributed by atoms with Crippen LogP contribution in [0.15, 0.2) is 60.8 Å². The third-order valence-corrected chi connectivity index (χ3v) is 9.23. The van der Waals surface area contributed by atoms with E-state index in [0.717, 1.165) is 11.5 Å². The molecule has 158 valence electrons. The zero-order valence-corrected chi connectivity index (χ0v) is 20.6. The summed E-state index contributed by atoms with van der Waals surface area (Å²) in [5.74, 6) is 1.98. The van der Waals surface area contributed by atoms with Gasteiger partial charge in [0.05, 0.1) is 19.0 Å². The first kappa shape index (κ1) is 19.5. The fourth-order valence-electron chi connectivity index (χ4n) is 5.59. The average molecular weight is 435 g/mol. The molecule has 0 spiro atoms. The van der Waals surface area contributed by atoms with Crippen LogP contribution in [0.3, 0.4) is 0 Å². The Morgan fingerprint density at radius 1 is 0.750 bits per heavy atom. The Morgan fingerprint density at radius 2 is 1.44 bits per heavy atom. The van der Waals surface area contributed by atoms with E-state index in [1.807, 2.05) is 0 Å². The average Bonchev–Trinajstić information content (AvgIpc) is 2.77. The number of ether oxygens (including phenoxy) is 1. The highest BCUT2D eigenvalue weighted by Gasteiger charge is 2.33. The van der Waals surface area contributed by atoms with Crippen LogP contribution < -0.4 is 14.5 Å². The van der Waals surface area contributed by atoms with E-state index in [4.69, 9.17) is 4.74 Å². The van der Waals surface area contributed by atoms with E-state index in [0.29, 0.717) is 0 Å². The largest absolute Gasteiger partial charge is 0.455 e. The smallest absolute Gasteiger partial charge is 0.228 e. The molecule has 0 saturated carbocycles. The maximum absolute atomic E-state index is 6.80. The van der Waals surface area contributed by atoms with Crippen molar-refractivity contribution in [2.24, 2.45) is 7.05 Å². The predicted molar refractivity (Wildman–Crippen MR) is 138 cm³/mol. The first-order chi connectivity index (χ1) is 15.3. The number of rotatable bonds is 1. The molecule has 0 saturated heterocycles. The molecule has 2 heterocycles. The Balaban J connectivity index is 1.83. The lowest BCUT2D eigenvalue weighted by Gasteiger charge is -2.26. The van der Waals surface area contributed by atoms with Gasteiger partial charge in [0.1, 0.15) is 18.5 Å². The minimum absolute atomic E-state index is 0.981. The molecule has 0 radical (unpaired) electrons. The van der Waals surface area contributed by atoms with Gasteiger partial charge in [-0.15, -0.1) is 0 Å². The third-order valence-electron chi connectivity index (χ3n) is 7.18. The second-order valence-electron chi connectivity index (χ2n) is 10.2. The summed E-state index contributed by atoms with van der Waals surface area (Å²) < 4.78 is 9.07. The van der Waals surface area contributed by atoms with E-state index >= 15 is 0 Å². The molecule has 0 bridgehead atoms. The summed E-state index contributed by atoms with van der Waals surface area (Å²) >= 11 is 0. The van der Waals surface area contributed by atoms with Crippen LogP contribution in [0.25, 0.3) is 43.6 Å². The van der Waals surface area contributed by atoms with Crippen molar-refractivity contribution in [1.29, 1.82) is 0 Å². The second-order valence-corrected chi connectivity index (χ2v) is 15.2. The van der Waals surface area contributed by atoms with Gasteiger partial charge in [0.15, 0.2) is 6.20 Å². The van der Waals surface area contributed by atoms with Gasteiger partial charge in [0.2, 0.25) is 5.69 Å². The Bertz CT molecular complexity index is 1610. The molecule has 4 aromatic carbocycles. The molecular formula is C29H28NOSi+. The van der Waals surface area contributed by atoms with Gasteiger partial charge in [0.25, 0.3) is 0 Å². The van der Waals surface area contributed by atoms with Gasteiger partial charge in [-0.2, -0.15) is 0 Å². The summed E-state index contributed by atoms with van der Waals surface area (Å²) in [5, 5.41) is 9.23. The van der Waals surface area contributed by atoms with Crippen LogP contribution in [0.2, 0.25) is 19.6 Å². The Hall–Kier alpha value is -3.17. The highest BCUT2D eigenvalue weighted by atomic mass is 28.3. The quantitative estimate of drug-likeness (QED) is 0.156. The Labute approximate surface area is 190 Å². The lowest BCUT2D eigenvalue weighted by molar-refractivity contribution is -0.659. The van der Waals surface area contributed by atoms with Crippen molar-refractivity contribution in [3.05, 3.63) is 71.9 Å². The lowest BCUT2D eigenvalue weighted by Crippen LogP contribution is -2.38. The molecule has 1 aliphatic rings.